The van der Waals surface area contributed by atoms with E-state index in [9.17, 15) is 0 Å². The van der Waals surface area contributed by atoms with Crippen LogP contribution in [-0.4, -0.2) is 14.2 Å². The first kappa shape index (κ1) is 9.36. The number of benzene rings is 1. The Morgan fingerprint density at radius 1 is 1.33 bits per heavy atom. The summed E-state index contributed by atoms with van der Waals surface area (Å²) in [4.78, 5) is 0. The Morgan fingerprint density at radius 3 is 2.67 bits per heavy atom. The number of methoxy groups -OCH3 is 2. The summed E-state index contributed by atoms with van der Waals surface area (Å²) in [5, 5.41) is 0.677. The Hall–Kier alpha value is -0.730. The summed E-state index contributed by atoms with van der Waals surface area (Å²) in [7, 11) is 3.24. The number of halogens is 1. The number of hydrogen-bond donors (Lipinski definition) is 0. The van der Waals surface area contributed by atoms with Crippen LogP contribution in [0.3, 0.4) is 0 Å². The van der Waals surface area contributed by atoms with Crippen LogP contribution in [0.15, 0.2) is 18.2 Å². The molecule has 3 heteroatoms. The maximum atomic E-state index is 5.93. The van der Waals surface area contributed by atoms with E-state index in [0.717, 1.165) is 11.3 Å². The lowest BCUT2D eigenvalue weighted by Crippen LogP contribution is -1.94. The van der Waals surface area contributed by atoms with E-state index in [1.807, 2.05) is 18.2 Å². The summed E-state index contributed by atoms with van der Waals surface area (Å²) >= 11 is 5.93. The molecule has 1 rings (SSSR count). The first-order valence-electron chi connectivity index (χ1n) is 3.60. The summed E-state index contributed by atoms with van der Waals surface area (Å²) in [5.74, 6) is 0.768. The van der Waals surface area contributed by atoms with Gasteiger partial charge in [-0.2, -0.15) is 0 Å². The zero-order valence-corrected chi connectivity index (χ0v) is 7.89. The molecule has 0 fully saturated rings. The topological polar surface area (TPSA) is 18.5 Å². The van der Waals surface area contributed by atoms with Crippen molar-refractivity contribution >= 4 is 11.6 Å². The van der Waals surface area contributed by atoms with Gasteiger partial charge < -0.3 is 9.47 Å². The normalized spacial score (nSPS) is 9.92. The molecular weight excluding hydrogens is 176 g/mol. The average Bonchev–Trinajstić information content (AvgIpc) is 2.09. The summed E-state index contributed by atoms with van der Waals surface area (Å²) in [6.07, 6.45) is 0. The largest absolute Gasteiger partial charge is 0.496 e. The molecule has 0 atom stereocenters. The van der Waals surface area contributed by atoms with Crippen LogP contribution in [-0.2, 0) is 11.3 Å². The maximum Gasteiger partial charge on any atom is 0.125 e. The molecule has 0 radical (unpaired) electrons. The molecule has 0 aliphatic carbocycles. The van der Waals surface area contributed by atoms with E-state index < -0.39 is 0 Å². The Labute approximate surface area is 77.1 Å². The highest BCUT2D eigenvalue weighted by atomic mass is 35.5. The Kier molecular flexibility index (Phi) is 3.38. The van der Waals surface area contributed by atoms with E-state index in [1.165, 1.54) is 0 Å². The van der Waals surface area contributed by atoms with Gasteiger partial charge in [0.05, 0.1) is 13.7 Å². The molecule has 0 aliphatic rings. The van der Waals surface area contributed by atoms with Crippen molar-refractivity contribution in [3.05, 3.63) is 28.8 Å². The third-order valence-corrected chi connectivity index (χ3v) is 1.94. The minimum Gasteiger partial charge on any atom is -0.496 e. The van der Waals surface area contributed by atoms with Crippen molar-refractivity contribution in [1.82, 2.24) is 0 Å². The molecule has 0 amide bonds. The molecule has 0 bridgehead atoms. The molecule has 0 unspecified atom stereocenters. The Bertz CT molecular complexity index is 261. The lowest BCUT2D eigenvalue weighted by molar-refractivity contribution is 0.181. The molecule has 2 nitrogen and oxygen atoms in total. The van der Waals surface area contributed by atoms with E-state index in [2.05, 4.69) is 0 Å². The predicted octanol–water partition coefficient (Wildman–Crippen LogP) is 2.50. The fourth-order valence-corrected chi connectivity index (χ4v) is 1.23. The van der Waals surface area contributed by atoms with Gasteiger partial charge in [-0.1, -0.05) is 17.7 Å². The Balaban J connectivity index is 3.02. The third-order valence-electron chi connectivity index (χ3n) is 1.58. The van der Waals surface area contributed by atoms with Crippen molar-refractivity contribution in [3.63, 3.8) is 0 Å². The van der Waals surface area contributed by atoms with Gasteiger partial charge in [-0.3, -0.25) is 0 Å². The second-order valence-electron chi connectivity index (χ2n) is 2.35. The van der Waals surface area contributed by atoms with Crippen LogP contribution in [0.2, 0.25) is 5.02 Å². The lowest BCUT2D eigenvalue weighted by atomic mass is 10.2. The van der Waals surface area contributed by atoms with Crippen molar-refractivity contribution in [2.45, 2.75) is 6.61 Å². The van der Waals surface area contributed by atoms with Gasteiger partial charge in [0, 0.05) is 17.7 Å². The summed E-state index contributed by atoms with van der Waals surface area (Å²) in [6.45, 7) is 0.475. The van der Waals surface area contributed by atoms with Crippen molar-refractivity contribution in [3.8, 4) is 5.75 Å². The predicted molar refractivity (Wildman–Crippen MR) is 48.7 cm³/mol. The average molecular weight is 187 g/mol. The van der Waals surface area contributed by atoms with E-state index in [0.29, 0.717) is 11.6 Å². The summed E-state index contributed by atoms with van der Waals surface area (Å²) in [6, 6.07) is 5.53. The van der Waals surface area contributed by atoms with E-state index in [-0.39, 0.29) is 0 Å². The highest BCUT2D eigenvalue weighted by Gasteiger charge is 2.05. The lowest BCUT2D eigenvalue weighted by Gasteiger charge is -2.08. The zero-order chi connectivity index (χ0) is 8.97. The Morgan fingerprint density at radius 2 is 2.08 bits per heavy atom. The van der Waals surface area contributed by atoms with Crippen molar-refractivity contribution in [2.75, 3.05) is 14.2 Å². The van der Waals surface area contributed by atoms with Gasteiger partial charge in [0.2, 0.25) is 0 Å². The third kappa shape index (κ3) is 1.90. The van der Waals surface area contributed by atoms with Crippen LogP contribution >= 0.6 is 11.6 Å². The van der Waals surface area contributed by atoms with Gasteiger partial charge in [-0.15, -0.1) is 0 Å². The van der Waals surface area contributed by atoms with Crippen LogP contribution in [0.5, 0.6) is 5.75 Å². The van der Waals surface area contributed by atoms with Crippen molar-refractivity contribution in [2.24, 2.45) is 0 Å². The van der Waals surface area contributed by atoms with Crippen molar-refractivity contribution < 1.29 is 9.47 Å². The fraction of sp³-hybridized carbons (Fsp3) is 0.333. The molecule has 0 saturated carbocycles. The first-order chi connectivity index (χ1) is 5.79. The van der Waals surface area contributed by atoms with Crippen LogP contribution in [0, 0.1) is 0 Å². The van der Waals surface area contributed by atoms with Crippen LogP contribution in [0.4, 0.5) is 0 Å². The smallest absolute Gasteiger partial charge is 0.125 e. The molecule has 1 aromatic rings. The second-order valence-corrected chi connectivity index (χ2v) is 2.76. The van der Waals surface area contributed by atoms with E-state index >= 15 is 0 Å². The SMILES string of the molecule is COCc1c(Cl)cccc1OC. The minimum atomic E-state index is 0.475. The molecule has 0 aromatic heterocycles. The molecule has 0 N–H and O–H groups in total. The van der Waals surface area contributed by atoms with Crippen molar-refractivity contribution in [1.29, 1.82) is 0 Å². The molecule has 1 aromatic carbocycles. The number of rotatable bonds is 3. The van der Waals surface area contributed by atoms with Crippen LogP contribution < -0.4 is 4.74 Å². The first-order valence-corrected chi connectivity index (χ1v) is 3.97. The molecule has 66 valence electrons. The van der Waals surface area contributed by atoms with Gasteiger partial charge in [-0.25, -0.2) is 0 Å². The molecule has 0 heterocycles. The second kappa shape index (κ2) is 4.33. The highest BCUT2D eigenvalue weighted by molar-refractivity contribution is 6.31. The van der Waals surface area contributed by atoms with Gasteiger partial charge in [0.15, 0.2) is 0 Å². The van der Waals surface area contributed by atoms with E-state index in [4.69, 9.17) is 21.1 Å². The quantitative estimate of drug-likeness (QED) is 0.722. The number of hydrogen-bond acceptors (Lipinski definition) is 2. The highest BCUT2D eigenvalue weighted by Crippen LogP contribution is 2.26. The van der Waals surface area contributed by atoms with Gasteiger partial charge >= 0.3 is 0 Å². The van der Waals surface area contributed by atoms with Gasteiger partial charge in [0.1, 0.15) is 5.75 Å². The molecule has 12 heavy (non-hydrogen) atoms. The minimum absolute atomic E-state index is 0.475. The summed E-state index contributed by atoms with van der Waals surface area (Å²) < 4.78 is 10.1. The maximum absolute atomic E-state index is 5.93. The van der Waals surface area contributed by atoms with Gasteiger partial charge in [-0.05, 0) is 12.1 Å². The molecular formula is C9H11ClO2. The van der Waals surface area contributed by atoms with Crippen LogP contribution in [0.25, 0.3) is 0 Å². The monoisotopic (exact) mass is 186 g/mol. The molecule has 0 saturated heterocycles. The fourth-order valence-electron chi connectivity index (χ4n) is 1.01. The van der Waals surface area contributed by atoms with Crippen LogP contribution in [0.1, 0.15) is 5.56 Å². The molecule has 0 spiro atoms. The standard InChI is InChI=1S/C9H11ClO2/c1-11-6-7-8(10)4-3-5-9(7)12-2/h3-5H,6H2,1-2H3. The van der Waals surface area contributed by atoms with Gasteiger partial charge in [0.25, 0.3) is 0 Å². The summed E-state index contributed by atoms with van der Waals surface area (Å²) in [5.41, 5.74) is 0.893. The number of ether oxygens (including phenoxy) is 2. The van der Waals surface area contributed by atoms with E-state index in [1.54, 1.807) is 14.2 Å². The zero-order valence-electron chi connectivity index (χ0n) is 7.13. The molecule has 0 aliphatic heterocycles.